The van der Waals surface area contributed by atoms with Crippen molar-refractivity contribution in [2.24, 2.45) is 0 Å². The van der Waals surface area contributed by atoms with Gasteiger partial charge < -0.3 is 5.11 Å². The van der Waals surface area contributed by atoms with Gasteiger partial charge in [-0.25, -0.2) is 9.18 Å². The first-order chi connectivity index (χ1) is 10.1. The maximum absolute atomic E-state index is 13.2. The summed E-state index contributed by atoms with van der Waals surface area (Å²) in [5, 5.41) is 21.0. The van der Waals surface area contributed by atoms with Gasteiger partial charge in [0.1, 0.15) is 11.9 Å². The van der Waals surface area contributed by atoms with Crippen LogP contribution in [0, 0.1) is 17.1 Å². The first-order valence-electron chi connectivity index (χ1n) is 6.31. The fourth-order valence-corrected chi connectivity index (χ4v) is 1.91. The molecule has 0 fully saturated rings. The fraction of sp³-hybridized carbons (Fsp3) is 0.125. The van der Waals surface area contributed by atoms with E-state index in [1.807, 2.05) is 0 Å². The van der Waals surface area contributed by atoms with Crippen molar-refractivity contribution in [1.29, 1.82) is 5.26 Å². The molecule has 21 heavy (non-hydrogen) atoms. The zero-order chi connectivity index (χ0) is 15.2. The van der Waals surface area contributed by atoms with Crippen LogP contribution in [0.4, 0.5) is 4.39 Å². The minimum absolute atomic E-state index is 0.209. The molecule has 0 spiro atoms. The van der Waals surface area contributed by atoms with Crippen molar-refractivity contribution < 1.29 is 14.3 Å². The van der Waals surface area contributed by atoms with Crippen LogP contribution in [0.2, 0.25) is 0 Å². The average molecular weight is 284 g/mol. The molecule has 2 rings (SSSR count). The number of carbonyl (C=O) groups is 1. The van der Waals surface area contributed by atoms with E-state index in [0.29, 0.717) is 12.1 Å². The first kappa shape index (κ1) is 14.7. The number of aromatic carboxylic acids is 1. The van der Waals surface area contributed by atoms with Crippen molar-refractivity contribution in [2.45, 2.75) is 12.6 Å². The highest BCUT2D eigenvalue weighted by molar-refractivity contribution is 5.87. The molecular formula is C16H13FN2O2. The van der Waals surface area contributed by atoms with Gasteiger partial charge in [0.2, 0.25) is 0 Å². The van der Waals surface area contributed by atoms with Crippen molar-refractivity contribution in [3.8, 4) is 6.07 Å². The van der Waals surface area contributed by atoms with E-state index in [9.17, 15) is 9.18 Å². The third kappa shape index (κ3) is 3.88. The lowest BCUT2D eigenvalue weighted by Crippen LogP contribution is -2.19. The SMILES string of the molecule is N#CC(NCc1ccc(C(=O)O)cc1)c1cccc(F)c1. The molecule has 0 aliphatic rings. The lowest BCUT2D eigenvalue weighted by Gasteiger charge is -2.12. The number of benzene rings is 2. The molecule has 0 aliphatic heterocycles. The van der Waals surface area contributed by atoms with Gasteiger partial charge in [0, 0.05) is 6.54 Å². The Morgan fingerprint density at radius 2 is 2.00 bits per heavy atom. The molecule has 1 atom stereocenters. The van der Waals surface area contributed by atoms with Crippen molar-refractivity contribution in [3.05, 3.63) is 71.0 Å². The number of nitriles is 1. The van der Waals surface area contributed by atoms with E-state index in [1.54, 1.807) is 24.3 Å². The van der Waals surface area contributed by atoms with Crippen molar-refractivity contribution in [1.82, 2.24) is 5.32 Å². The van der Waals surface area contributed by atoms with Gasteiger partial charge >= 0.3 is 5.97 Å². The Kier molecular flexibility index (Phi) is 4.64. The fourth-order valence-electron chi connectivity index (χ4n) is 1.91. The molecule has 0 amide bonds. The maximum Gasteiger partial charge on any atom is 0.335 e. The van der Waals surface area contributed by atoms with Gasteiger partial charge in [0.05, 0.1) is 11.6 Å². The van der Waals surface area contributed by atoms with Crippen molar-refractivity contribution in [2.75, 3.05) is 0 Å². The number of carboxylic acids is 1. The van der Waals surface area contributed by atoms with Gasteiger partial charge in [0.15, 0.2) is 0 Å². The molecule has 2 aromatic rings. The topological polar surface area (TPSA) is 73.1 Å². The highest BCUT2D eigenvalue weighted by Gasteiger charge is 2.10. The van der Waals surface area contributed by atoms with Crippen LogP contribution in [0.3, 0.4) is 0 Å². The number of nitrogens with one attached hydrogen (secondary N) is 1. The predicted molar refractivity (Wildman–Crippen MR) is 75.0 cm³/mol. The molecule has 5 heteroatoms. The van der Waals surface area contributed by atoms with Crippen molar-refractivity contribution in [3.63, 3.8) is 0 Å². The molecular weight excluding hydrogens is 271 g/mol. The smallest absolute Gasteiger partial charge is 0.335 e. The molecule has 0 bridgehead atoms. The van der Waals surface area contributed by atoms with Gasteiger partial charge in [-0.3, -0.25) is 5.32 Å². The minimum Gasteiger partial charge on any atom is -0.478 e. The van der Waals surface area contributed by atoms with E-state index in [2.05, 4.69) is 11.4 Å². The summed E-state index contributed by atoms with van der Waals surface area (Å²) in [5.41, 5.74) is 1.61. The van der Waals surface area contributed by atoms with Crippen LogP contribution >= 0.6 is 0 Å². The van der Waals surface area contributed by atoms with E-state index < -0.39 is 12.0 Å². The summed E-state index contributed by atoms with van der Waals surface area (Å²) in [6, 6.07) is 13.7. The van der Waals surface area contributed by atoms with E-state index in [1.165, 1.54) is 24.3 Å². The lowest BCUT2D eigenvalue weighted by molar-refractivity contribution is 0.0697. The number of nitrogens with zero attached hydrogens (tertiary/aromatic N) is 1. The normalized spacial score (nSPS) is 11.6. The highest BCUT2D eigenvalue weighted by atomic mass is 19.1. The van der Waals surface area contributed by atoms with Gasteiger partial charge in [0.25, 0.3) is 0 Å². The second-order valence-corrected chi connectivity index (χ2v) is 4.50. The molecule has 0 saturated heterocycles. The van der Waals surface area contributed by atoms with Crippen LogP contribution < -0.4 is 5.32 Å². The molecule has 0 aromatic heterocycles. The second-order valence-electron chi connectivity index (χ2n) is 4.50. The van der Waals surface area contributed by atoms with Crippen LogP contribution in [0.1, 0.15) is 27.5 Å². The number of halogens is 1. The van der Waals surface area contributed by atoms with Crippen LogP contribution in [-0.2, 0) is 6.54 Å². The Morgan fingerprint density at radius 1 is 1.29 bits per heavy atom. The van der Waals surface area contributed by atoms with E-state index in [-0.39, 0.29) is 11.4 Å². The van der Waals surface area contributed by atoms with E-state index in [0.717, 1.165) is 5.56 Å². The number of hydrogen-bond donors (Lipinski definition) is 2. The van der Waals surface area contributed by atoms with Crippen molar-refractivity contribution >= 4 is 5.97 Å². The van der Waals surface area contributed by atoms with Crippen LogP contribution in [-0.4, -0.2) is 11.1 Å². The quantitative estimate of drug-likeness (QED) is 0.885. The van der Waals surface area contributed by atoms with Crippen LogP contribution in [0.5, 0.6) is 0 Å². The van der Waals surface area contributed by atoms with Gasteiger partial charge in [-0.05, 0) is 35.4 Å². The Hall–Kier alpha value is -2.71. The van der Waals surface area contributed by atoms with Crippen LogP contribution in [0.15, 0.2) is 48.5 Å². The number of carboxylic acid groups (broad SMARTS) is 1. The molecule has 0 heterocycles. The predicted octanol–water partition coefficient (Wildman–Crippen LogP) is 2.88. The minimum atomic E-state index is -0.982. The second kappa shape index (κ2) is 6.64. The summed E-state index contributed by atoms with van der Waals surface area (Å²) >= 11 is 0. The zero-order valence-electron chi connectivity index (χ0n) is 11.1. The van der Waals surface area contributed by atoms with Gasteiger partial charge in [-0.2, -0.15) is 5.26 Å². The Labute approximate surface area is 121 Å². The molecule has 2 N–H and O–H groups in total. The Bertz CT molecular complexity index is 677. The molecule has 2 aromatic carbocycles. The number of hydrogen-bond acceptors (Lipinski definition) is 3. The molecule has 0 radical (unpaired) electrons. The third-order valence-electron chi connectivity index (χ3n) is 3.02. The standard InChI is InChI=1S/C16H13FN2O2/c17-14-3-1-2-13(8-14)15(9-18)19-10-11-4-6-12(7-5-11)16(20)21/h1-8,15,19H,10H2,(H,20,21). The Morgan fingerprint density at radius 3 is 2.57 bits per heavy atom. The van der Waals surface area contributed by atoms with Crippen LogP contribution in [0.25, 0.3) is 0 Å². The monoisotopic (exact) mass is 284 g/mol. The van der Waals surface area contributed by atoms with Gasteiger partial charge in [-0.15, -0.1) is 0 Å². The van der Waals surface area contributed by atoms with Gasteiger partial charge in [-0.1, -0.05) is 24.3 Å². The summed E-state index contributed by atoms with van der Waals surface area (Å²) in [7, 11) is 0. The highest BCUT2D eigenvalue weighted by Crippen LogP contribution is 2.14. The molecule has 0 saturated carbocycles. The average Bonchev–Trinajstić information content (AvgIpc) is 2.48. The molecule has 0 aliphatic carbocycles. The lowest BCUT2D eigenvalue weighted by atomic mass is 10.1. The third-order valence-corrected chi connectivity index (χ3v) is 3.02. The summed E-state index contributed by atoms with van der Waals surface area (Å²) in [4.78, 5) is 10.7. The summed E-state index contributed by atoms with van der Waals surface area (Å²) in [5.74, 6) is -1.37. The summed E-state index contributed by atoms with van der Waals surface area (Å²) < 4.78 is 13.2. The zero-order valence-corrected chi connectivity index (χ0v) is 11.1. The summed E-state index contributed by atoms with van der Waals surface area (Å²) in [6.45, 7) is 0.384. The number of rotatable bonds is 5. The molecule has 1 unspecified atom stereocenters. The molecule has 4 nitrogen and oxygen atoms in total. The van der Waals surface area contributed by atoms with E-state index >= 15 is 0 Å². The summed E-state index contributed by atoms with van der Waals surface area (Å²) in [6.07, 6.45) is 0. The maximum atomic E-state index is 13.2. The largest absolute Gasteiger partial charge is 0.478 e. The molecule has 106 valence electrons. The first-order valence-corrected chi connectivity index (χ1v) is 6.31. The Balaban J connectivity index is 2.03. The van der Waals surface area contributed by atoms with E-state index in [4.69, 9.17) is 10.4 Å².